The van der Waals surface area contributed by atoms with Crippen molar-refractivity contribution >= 4 is 0 Å². The number of aliphatic hydroxyl groups is 5. The molecule has 11 nitrogen and oxygen atoms in total. The number of aliphatic hydroxyl groups excluding tert-OH is 3. The minimum atomic E-state index is -1.42. The van der Waals surface area contributed by atoms with E-state index in [0.717, 1.165) is 56.9 Å². The number of aromatic nitrogens is 2. The number of ether oxygens (including phenoxy) is 4. The van der Waals surface area contributed by atoms with Crippen molar-refractivity contribution in [3.63, 3.8) is 0 Å². The summed E-state index contributed by atoms with van der Waals surface area (Å²) in [6.45, 7) is 20.1. The minimum Gasteiger partial charge on any atom is -0.393 e. The van der Waals surface area contributed by atoms with Gasteiger partial charge in [0.25, 0.3) is 0 Å². The molecule has 4 aliphatic heterocycles. The summed E-state index contributed by atoms with van der Waals surface area (Å²) in [5, 5.41) is 61.1. The number of nitrogens with zero attached hydrogens (tertiary/aromatic N) is 2. The van der Waals surface area contributed by atoms with Gasteiger partial charge in [0.1, 0.15) is 30.1 Å². The van der Waals surface area contributed by atoms with E-state index in [-0.39, 0.29) is 64.3 Å². The lowest BCUT2D eigenvalue weighted by atomic mass is 9.43. The first-order chi connectivity index (χ1) is 30.9. The lowest BCUT2D eigenvalue weighted by molar-refractivity contribution is -0.690. The molecule has 0 unspecified atom stereocenters. The molecule has 11 heteroatoms. The van der Waals surface area contributed by atoms with E-state index in [1.54, 1.807) is 6.92 Å². The molecule has 9 fully saturated rings. The molecule has 13 rings (SSSR count). The Labute approximate surface area is 392 Å². The molecule has 0 radical (unpaired) electrons. The molecule has 23 atom stereocenters. The zero-order chi connectivity index (χ0) is 46.5. The van der Waals surface area contributed by atoms with Gasteiger partial charge in [0, 0.05) is 66.6 Å². The van der Waals surface area contributed by atoms with Crippen molar-refractivity contribution in [2.45, 2.75) is 211 Å². The van der Waals surface area contributed by atoms with Gasteiger partial charge in [0.2, 0.25) is 11.4 Å². The normalized spacial score (nSPS) is 59.1. The second-order valence-electron chi connectivity index (χ2n) is 27.3. The molecule has 5 heterocycles. The molecule has 8 aliphatic carbocycles. The molecule has 5 saturated carbocycles. The Morgan fingerprint density at radius 2 is 1.45 bits per heavy atom. The lowest BCUT2D eigenvalue weighted by Crippen LogP contribution is -2.66. The van der Waals surface area contributed by atoms with Crippen LogP contribution in [-0.2, 0) is 51.7 Å². The van der Waals surface area contributed by atoms with Crippen LogP contribution in [-0.4, -0.2) is 96.0 Å². The molecular formula is C55H81N2O9+. The maximum atomic E-state index is 13.0. The fourth-order valence-corrected chi connectivity index (χ4v) is 20.3. The highest BCUT2D eigenvalue weighted by Crippen LogP contribution is 2.73. The molecule has 4 saturated heterocycles. The average Bonchev–Trinajstić information content (AvgIpc) is 3.95. The highest BCUT2D eigenvalue weighted by atomic mass is 16.7. The van der Waals surface area contributed by atoms with E-state index >= 15 is 0 Å². The smallest absolute Gasteiger partial charge is 0.203 e. The van der Waals surface area contributed by atoms with Gasteiger partial charge in [-0.15, -0.1) is 0 Å². The summed E-state index contributed by atoms with van der Waals surface area (Å²) in [6, 6.07) is 0. The van der Waals surface area contributed by atoms with E-state index < -0.39 is 52.4 Å². The van der Waals surface area contributed by atoms with Crippen LogP contribution in [0, 0.1) is 80.8 Å². The molecule has 0 amide bonds. The van der Waals surface area contributed by atoms with Crippen LogP contribution in [0.5, 0.6) is 0 Å². The van der Waals surface area contributed by atoms with Crippen LogP contribution in [0.25, 0.3) is 0 Å². The largest absolute Gasteiger partial charge is 0.393 e. The number of fused-ring (bicyclic) bond motifs is 16. The molecule has 12 aliphatic rings. The van der Waals surface area contributed by atoms with E-state index in [1.807, 2.05) is 13.8 Å². The van der Waals surface area contributed by atoms with Gasteiger partial charge in [0.15, 0.2) is 11.6 Å². The summed E-state index contributed by atoms with van der Waals surface area (Å²) in [7, 11) is 2.28. The van der Waals surface area contributed by atoms with Gasteiger partial charge in [0.05, 0.1) is 42.2 Å². The number of hydrogen-bond donors (Lipinski definition) is 5. The molecule has 0 aromatic carbocycles. The van der Waals surface area contributed by atoms with Crippen LogP contribution in [0.4, 0.5) is 0 Å². The fraction of sp³-hybridized carbons (Fsp3) is 0.891. The fourth-order valence-electron chi connectivity index (χ4n) is 20.3. The first kappa shape index (κ1) is 44.4. The summed E-state index contributed by atoms with van der Waals surface area (Å²) >= 11 is 0. The summed E-state index contributed by atoms with van der Waals surface area (Å²) < 4.78 is 29.4. The zero-order valence-corrected chi connectivity index (χ0v) is 41.6. The maximum Gasteiger partial charge on any atom is 0.203 e. The van der Waals surface area contributed by atoms with Crippen molar-refractivity contribution in [2.24, 2.45) is 87.9 Å². The van der Waals surface area contributed by atoms with Gasteiger partial charge in [-0.2, -0.15) is 4.57 Å². The van der Waals surface area contributed by atoms with Crippen molar-refractivity contribution in [3.05, 3.63) is 34.4 Å². The molecular weight excluding hydrogens is 833 g/mol. The number of hydrogen-bond acceptors (Lipinski definition) is 10. The first-order valence-electron chi connectivity index (χ1n) is 26.7. The van der Waals surface area contributed by atoms with Crippen molar-refractivity contribution in [1.82, 2.24) is 4.98 Å². The topological polar surface area (TPSA) is 155 Å². The molecule has 364 valence electrons. The highest BCUT2D eigenvalue weighted by molar-refractivity contribution is 5.43. The molecule has 1 aromatic rings. The summed E-state index contributed by atoms with van der Waals surface area (Å²) in [6.07, 6.45) is 11.7. The lowest BCUT2D eigenvalue weighted by Gasteiger charge is -2.62. The summed E-state index contributed by atoms with van der Waals surface area (Å²) in [5.74, 6) is 0.570. The SMILES string of the molecule is C[C@@H]1[C@@]2(CC[C@](C)(O)CO2)O[C@H]2C=C3[C@@H]4[C@@H](O)C[C@H]5Cc6nc7c([n+](C)c6C[C@]5(C)[C@H]4C[C@@H](O)[C@]3(C)[C@]21O)C[C@@H]1CC[C@H]2[C@H]3C[C@@H]4O[C@@]5(CCC(C)(C)O5)[C@@H](C)[C@@H]4[C@@]3(C)[C@H](O)C[C@@H]2[C@@]1(C)C7. The second kappa shape index (κ2) is 13.3. The Bertz CT molecular complexity index is 2290. The van der Waals surface area contributed by atoms with Crippen molar-refractivity contribution in [2.75, 3.05) is 6.61 Å². The highest BCUT2D eigenvalue weighted by Gasteiger charge is 2.78. The molecule has 0 bridgehead atoms. The molecule has 5 N–H and O–H groups in total. The van der Waals surface area contributed by atoms with Gasteiger partial charge in [-0.1, -0.05) is 53.2 Å². The quantitative estimate of drug-likeness (QED) is 0.159. The van der Waals surface area contributed by atoms with Gasteiger partial charge in [-0.05, 0) is 125 Å². The van der Waals surface area contributed by atoms with Crippen LogP contribution in [0.3, 0.4) is 0 Å². The zero-order valence-electron chi connectivity index (χ0n) is 41.6. The Morgan fingerprint density at radius 3 is 2.17 bits per heavy atom. The molecule has 2 spiro atoms. The van der Waals surface area contributed by atoms with Gasteiger partial charge >= 0.3 is 0 Å². The van der Waals surface area contributed by atoms with Gasteiger partial charge in [-0.25, -0.2) is 4.98 Å². The molecule has 66 heavy (non-hydrogen) atoms. The van der Waals surface area contributed by atoms with Crippen LogP contribution < -0.4 is 4.57 Å². The third kappa shape index (κ3) is 5.18. The van der Waals surface area contributed by atoms with E-state index in [9.17, 15) is 25.5 Å². The van der Waals surface area contributed by atoms with Crippen LogP contribution >= 0.6 is 0 Å². The Balaban J connectivity index is 0.779. The minimum absolute atomic E-state index is 0.0195. The van der Waals surface area contributed by atoms with E-state index in [0.29, 0.717) is 55.3 Å². The predicted molar refractivity (Wildman–Crippen MR) is 243 cm³/mol. The van der Waals surface area contributed by atoms with Crippen molar-refractivity contribution < 1.29 is 49.0 Å². The standard InChI is InChI=1S/C55H81N2O9/c1-27-46-41(64-53(27)15-13-47(3,4)66-53)20-33-31-12-11-29-18-38-37(24-49(29,6)32(31)21-42(59)51(33,46)8)56-36-17-30-19-40(58)45-34(50(30,7)25-39(36)57(38)10)22-43(60)52(9)35(45)23-44-55(52,62)28(2)54(65-44)16-14-48(5,61)26-63-54/h23,27-34,40-46,58-62H,11-22,24-26H2,1-10H3/q+1/t27-,28+,29-,30+,31+,32-,33+,34-,40-,41-,42+,43+,44-,45+,46-,48-,49-,50-,51+,52+,53+,54+,55+/m0/s1. The second-order valence-corrected chi connectivity index (χ2v) is 27.3. The predicted octanol–water partition coefficient (Wildman–Crippen LogP) is 5.83. The van der Waals surface area contributed by atoms with E-state index in [1.165, 1.54) is 35.6 Å². The van der Waals surface area contributed by atoms with Gasteiger partial charge in [-0.3, -0.25) is 0 Å². The molecule has 1 aromatic heterocycles. The van der Waals surface area contributed by atoms with Crippen LogP contribution in [0.15, 0.2) is 11.6 Å². The van der Waals surface area contributed by atoms with E-state index in [4.69, 9.17) is 23.9 Å². The monoisotopic (exact) mass is 914 g/mol. The van der Waals surface area contributed by atoms with Crippen molar-refractivity contribution in [3.8, 4) is 0 Å². The number of rotatable bonds is 0. The third-order valence-electron chi connectivity index (χ3n) is 24.2. The first-order valence-corrected chi connectivity index (χ1v) is 26.7. The van der Waals surface area contributed by atoms with Crippen LogP contribution in [0.1, 0.15) is 149 Å². The Morgan fingerprint density at radius 1 is 0.727 bits per heavy atom. The summed E-state index contributed by atoms with van der Waals surface area (Å²) in [4.78, 5) is 5.70. The van der Waals surface area contributed by atoms with Crippen molar-refractivity contribution in [1.29, 1.82) is 0 Å². The average molecular weight is 914 g/mol. The summed E-state index contributed by atoms with van der Waals surface area (Å²) in [5.41, 5.74) is 2.21. The van der Waals surface area contributed by atoms with E-state index in [2.05, 4.69) is 59.2 Å². The Kier molecular flexibility index (Phi) is 8.94. The Hall–Kier alpha value is -1.54. The van der Waals surface area contributed by atoms with Gasteiger partial charge < -0.3 is 44.5 Å². The maximum absolute atomic E-state index is 13.0. The third-order valence-corrected chi connectivity index (χ3v) is 24.2. The van der Waals surface area contributed by atoms with Crippen LogP contribution in [0.2, 0.25) is 0 Å².